The van der Waals surface area contributed by atoms with Crippen molar-refractivity contribution in [2.45, 2.75) is 16.9 Å². The molecule has 0 spiro atoms. The van der Waals surface area contributed by atoms with Crippen LogP contribution in [0.4, 0.5) is 0 Å². The van der Waals surface area contributed by atoms with Crippen LogP contribution in [0.3, 0.4) is 0 Å². The molecule has 1 unspecified atom stereocenters. The molecule has 0 fully saturated rings. The molecule has 9 heteroatoms. The van der Waals surface area contributed by atoms with E-state index in [-0.39, 0.29) is 15.8 Å². The number of hydrogen-bond acceptors (Lipinski definition) is 2. The molecule has 1 amide bonds. The highest BCUT2D eigenvalue weighted by Crippen LogP contribution is 2.39. The van der Waals surface area contributed by atoms with Gasteiger partial charge in [0.25, 0.3) is 5.91 Å². The molecule has 0 aliphatic rings. The number of carbonyl (C=O) groups excluding carboxylic acids is 1. The van der Waals surface area contributed by atoms with Gasteiger partial charge in [-0.25, -0.2) is 0 Å². The number of benzene rings is 2. The van der Waals surface area contributed by atoms with Gasteiger partial charge >= 0.3 is 0 Å². The molecule has 0 aliphatic carbocycles. The van der Waals surface area contributed by atoms with Crippen molar-refractivity contribution in [1.29, 1.82) is 0 Å². The van der Waals surface area contributed by atoms with Crippen molar-refractivity contribution in [2.24, 2.45) is 0 Å². The third-order valence-electron chi connectivity index (χ3n) is 3.04. The van der Waals surface area contributed by atoms with Gasteiger partial charge in [-0.3, -0.25) is 4.79 Å². The summed E-state index contributed by atoms with van der Waals surface area (Å²) in [4.78, 5) is 12.4. The molecular weight excluding hydrogens is 451 g/mol. The maximum Gasteiger partial charge on any atom is 0.254 e. The van der Waals surface area contributed by atoms with Gasteiger partial charge < -0.3 is 10.1 Å². The van der Waals surface area contributed by atoms with Gasteiger partial charge in [-0.15, -0.1) is 0 Å². The molecule has 0 aliphatic heterocycles. The zero-order valence-electron chi connectivity index (χ0n) is 12.6. The van der Waals surface area contributed by atoms with Crippen molar-refractivity contribution in [1.82, 2.24) is 5.32 Å². The van der Waals surface area contributed by atoms with Crippen LogP contribution in [0.5, 0.6) is 5.75 Å². The average Bonchev–Trinajstić information content (AvgIpc) is 2.48. The summed E-state index contributed by atoms with van der Waals surface area (Å²) in [5, 5.41) is 3.05. The Morgan fingerprint density at radius 1 is 1.08 bits per heavy atom. The second kappa shape index (κ2) is 8.43. The number of ether oxygens (including phenoxy) is 1. The molecule has 0 saturated heterocycles. The van der Waals surface area contributed by atoms with E-state index in [2.05, 4.69) is 5.32 Å². The predicted octanol–water partition coefficient (Wildman–Crippen LogP) is 6.46. The molecule has 1 atom stereocenters. The SMILES string of the molecule is Cc1cccc(C(=O)NC(Oc2c(Cl)cc(Cl)cc2Cl)C(Cl)(Cl)Cl)c1. The van der Waals surface area contributed by atoms with E-state index in [1.807, 2.05) is 13.0 Å². The van der Waals surface area contributed by atoms with E-state index in [0.717, 1.165) is 5.56 Å². The molecule has 3 nitrogen and oxygen atoms in total. The van der Waals surface area contributed by atoms with Crippen molar-refractivity contribution in [3.8, 4) is 5.75 Å². The second-order valence-corrected chi connectivity index (χ2v) is 8.70. The zero-order valence-corrected chi connectivity index (χ0v) is 17.2. The number of aryl methyl sites for hydroxylation is 1. The van der Waals surface area contributed by atoms with Gasteiger partial charge in [-0.05, 0) is 31.2 Å². The number of rotatable bonds is 4. The van der Waals surface area contributed by atoms with E-state index in [4.69, 9.17) is 74.3 Å². The number of alkyl halides is 3. The third-order valence-corrected chi connectivity index (χ3v) is 4.41. The summed E-state index contributed by atoms with van der Waals surface area (Å²) >= 11 is 35.8. The van der Waals surface area contributed by atoms with Crippen LogP contribution in [0.2, 0.25) is 15.1 Å². The third kappa shape index (κ3) is 5.72. The van der Waals surface area contributed by atoms with Gasteiger partial charge in [0.15, 0.2) is 5.75 Å². The van der Waals surface area contributed by atoms with Gasteiger partial charge in [0.1, 0.15) is 0 Å². The number of hydrogen-bond donors (Lipinski definition) is 1. The number of carbonyl (C=O) groups is 1. The van der Waals surface area contributed by atoms with Gasteiger partial charge in [0, 0.05) is 10.6 Å². The maximum absolute atomic E-state index is 12.4. The van der Waals surface area contributed by atoms with Crippen molar-refractivity contribution < 1.29 is 9.53 Å². The molecule has 2 aromatic rings. The summed E-state index contributed by atoms with van der Waals surface area (Å²) in [6.07, 6.45) is -1.35. The first-order chi connectivity index (χ1) is 11.6. The summed E-state index contributed by atoms with van der Waals surface area (Å²) in [5.41, 5.74) is 1.29. The minimum Gasteiger partial charge on any atom is -0.463 e. The zero-order chi connectivity index (χ0) is 18.8. The Hall–Kier alpha value is -0.550. The molecule has 0 radical (unpaired) electrons. The van der Waals surface area contributed by atoms with E-state index in [0.29, 0.717) is 10.6 Å². The van der Waals surface area contributed by atoms with Gasteiger partial charge in [-0.2, -0.15) is 0 Å². The first-order valence-electron chi connectivity index (χ1n) is 6.83. The first kappa shape index (κ1) is 20.8. The highest BCUT2D eigenvalue weighted by molar-refractivity contribution is 6.68. The van der Waals surface area contributed by atoms with E-state index in [1.54, 1.807) is 18.2 Å². The molecule has 0 heterocycles. The Kier molecular flexibility index (Phi) is 7.00. The van der Waals surface area contributed by atoms with Crippen molar-refractivity contribution in [3.63, 3.8) is 0 Å². The number of amides is 1. The van der Waals surface area contributed by atoms with E-state index in [9.17, 15) is 4.79 Å². The van der Waals surface area contributed by atoms with Crippen molar-refractivity contribution in [2.75, 3.05) is 0 Å². The van der Waals surface area contributed by atoms with Crippen LogP contribution < -0.4 is 10.1 Å². The van der Waals surface area contributed by atoms with Crippen LogP contribution in [0.1, 0.15) is 15.9 Å². The number of nitrogens with one attached hydrogen (secondary N) is 1. The van der Waals surface area contributed by atoms with E-state index in [1.165, 1.54) is 12.1 Å². The molecular formula is C16H11Cl6NO2. The Morgan fingerprint density at radius 2 is 1.68 bits per heavy atom. The monoisotopic (exact) mass is 459 g/mol. The van der Waals surface area contributed by atoms with Gasteiger partial charge in [0.2, 0.25) is 10.0 Å². The Labute approximate surface area is 175 Å². The van der Waals surface area contributed by atoms with Crippen LogP contribution in [0, 0.1) is 6.92 Å². The lowest BCUT2D eigenvalue weighted by atomic mass is 10.1. The highest BCUT2D eigenvalue weighted by atomic mass is 35.6. The average molecular weight is 462 g/mol. The lowest BCUT2D eigenvalue weighted by Crippen LogP contribution is -2.48. The summed E-state index contributed by atoms with van der Waals surface area (Å²) < 4.78 is 3.59. The Balaban J connectivity index is 2.28. The van der Waals surface area contributed by atoms with Gasteiger partial charge in [0.05, 0.1) is 10.0 Å². The van der Waals surface area contributed by atoms with E-state index < -0.39 is 15.9 Å². The fraction of sp³-hybridized carbons (Fsp3) is 0.188. The second-order valence-electron chi connectivity index (χ2n) is 5.08. The van der Waals surface area contributed by atoms with Crippen molar-refractivity contribution in [3.05, 3.63) is 62.6 Å². The molecule has 2 rings (SSSR count). The molecule has 1 N–H and O–H groups in total. The van der Waals surface area contributed by atoms with Crippen LogP contribution >= 0.6 is 69.6 Å². The summed E-state index contributed by atoms with van der Waals surface area (Å²) in [7, 11) is 0. The lowest BCUT2D eigenvalue weighted by Gasteiger charge is -2.27. The minimum absolute atomic E-state index is 0.0357. The molecule has 0 aromatic heterocycles. The number of halogens is 6. The Bertz CT molecular complexity index is 767. The topological polar surface area (TPSA) is 38.3 Å². The van der Waals surface area contributed by atoms with Crippen LogP contribution in [0.25, 0.3) is 0 Å². The molecule has 0 bridgehead atoms. The quantitative estimate of drug-likeness (QED) is 0.419. The normalized spacial score (nSPS) is 12.6. The highest BCUT2D eigenvalue weighted by Gasteiger charge is 2.37. The van der Waals surface area contributed by atoms with Gasteiger partial charge in [-0.1, -0.05) is 87.3 Å². The summed E-state index contributed by atoms with van der Waals surface area (Å²) in [6, 6.07) is 9.74. The standard InChI is InChI=1S/C16H11Cl6NO2/c1-8-3-2-4-9(5-8)14(24)23-15(16(20,21)22)25-13-11(18)6-10(17)7-12(13)19/h2-7,15H,1H3,(H,23,24). The summed E-state index contributed by atoms with van der Waals surface area (Å²) in [6.45, 7) is 1.85. The maximum atomic E-state index is 12.4. The van der Waals surface area contributed by atoms with Crippen LogP contribution in [-0.2, 0) is 0 Å². The molecule has 0 saturated carbocycles. The van der Waals surface area contributed by atoms with Crippen LogP contribution in [-0.4, -0.2) is 15.9 Å². The predicted molar refractivity (Wildman–Crippen MR) is 105 cm³/mol. The van der Waals surface area contributed by atoms with Crippen molar-refractivity contribution >= 4 is 75.5 Å². The molecule has 2 aromatic carbocycles. The van der Waals surface area contributed by atoms with Crippen LogP contribution in [0.15, 0.2) is 36.4 Å². The smallest absolute Gasteiger partial charge is 0.254 e. The Morgan fingerprint density at radius 3 is 2.20 bits per heavy atom. The fourth-order valence-corrected chi connectivity index (χ4v) is 3.13. The summed E-state index contributed by atoms with van der Waals surface area (Å²) in [5.74, 6) is -0.449. The first-order valence-corrected chi connectivity index (χ1v) is 9.10. The molecule has 134 valence electrons. The van der Waals surface area contributed by atoms with E-state index >= 15 is 0 Å². The minimum atomic E-state index is -1.98. The fourth-order valence-electron chi connectivity index (χ4n) is 1.93. The largest absolute Gasteiger partial charge is 0.463 e. The molecule has 25 heavy (non-hydrogen) atoms. The lowest BCUT2D eigenvalue weighted by molar-refractivity contribution is 0.0833.